The lowest BCUT2D eigenvalue weighted by Crippen LogP contribution is -2.43. The average Bonchev–Trinajstić information content (AvgIpc) is 3.43. The van der Waals surface area contributed by atoms with E-state index in [2.05, 4.69) is 25.3 Å². The van der Waals surface area contributed by atoms with E-state index >= 15 is 0 Å². The summed E-state index contributed by atoms with van der Waals surface area (Å²) in [5.74, 6) is 0. The third-order valence-electron chi connectivity index (χ3n) is 7.14. The summed E-state index contributed by atoms with van der Waals surface area (Å²) in [5.41, 5.74) is 2.34. The number of hydrogen-bond acceptors (Lipinski definition) is 7. The maximum Gasteiger partial charge on any atom is 0.410 e. The number of aromatic nitrogens is 6. The summed E-state index contributed by atoms with van der Waals surface area (Å²) in [6.45, 7) is 8.69. The number of fused-ring (bicyclic) bond motifs is 2. The average molecular weight is 610 g/mol. The summed E-state index contributed by atoms with van der Waals surface area (Å²) in [6, 6.07) is 7.89. The van der Waals surface area contributed by atoms with Crippen molar-refractivity contribution in [2.45, 2.75) is 64.1 Å². The van der Waals surface area contributed by atoms with Gasteiger partial charge in [-0.25, -0.2) is 24.4 Å². The molecule has 0 radical (unpaired) electrons. The van der Waals surface area contributed by atoms with Crippen LogP contribution in [-0.2, 0) is 4.74 Å². The van der Waals surface area contributed by atoms with E-state index in [-0.39, 0.29) is 48.3 Å². The van der Waals surface area contributed by atoms with Crippen LogP contribution in [0.1, 0.15) is 58.5 Å². The van der Waals surface area contributed by atoms with Crippen molar-refractivity contribution in [3.05, 3.63) is 57.6 Å². The lowest BCUT2D eigenvalue weighted by atomic mass is 10.1. The van der Waals surface area contributed by atoms with E-state index < -0.39 is 5.60 Å². The number of amides is 1. The molecule has 6 rings (SSSR count). The van der Waals surface area contributed by atoms with Crippen LogP contribution in [0, 0.1) is 0 Å². The van der Waals surface area contributed by atoms with Crippen molar-refractivity contribution in [3.63, 3.8) is 0 Å². The first-order valence-electron chi connectivity index (χ1n) is 13.5. The zero-order valence-electron chi connectivity index (χ0n) is 23.5. The van der Waals surface area contributed by atoms with Gasteiger partial charge in [-0.2, -0.15) is 0 Å². The Hall–Kier alpha value is -3.35. The molecule has 0 spiro atoms. The van der Waals surface area contributed by atoms with Gasteiger partial charge in [-0.3, -0.25) is 19.1 Å². The molecule has 2 aliphatic heterocycles. The summed E-state index contributed by atoms with van der Waals surface area (Å²) in [4.78, 5) is 51.8. The summed E-state index contributed by atoms with van der Waals surface area (Å²) in [5, 5.41) is 3.30. The van der Waals surface area contributed by atoms with Crippen LogP contribution in [0.4, 0.5) is 4.79 Å². The fourth-order valence-corrected chi connectivity index (χ4v) is 5.34. The van der Waals surface area contributed by atoms with Crippen LogP contribution in [0.25, 0.3) is 22.3 Å². The highest BCUT2D eigenvalue weighted by Crippen LogP contribution is 2.25. The fraction of sp³-hybridized carbons (Fsp3) is 0.519. The van der Waals surface area contributed by atoms with Crippen LogP contribution >= 0.6 is 24.8 Å². The molecule has 12 nitrogen and oxygen atoms in total. The zero-order chi connectivity index (χ0) is 27.6. The van der Waals surface area contributed by atoms with Gasteiger partial charge in [-0.1, -0.05) is 0 Å². The maximum atomic E-state index is 12.2. The Labute approximate surface area is 249 Å². The van der Waals surface area contributed by atoms with Gasteiger partial charge in [0.05, 0.1) is 11.0 Å². The molecule has 4 aromatic heterocycles. The number of aromatic amines is 2. The first-order valence-corrected chi connectivity index (χ1v) is 13.5. The molecule has 2 aliphatic rings. The minimum absolute atomic E-state index is 0. The number of likely N-dealkylation sites (tertiary alicyclic amines) is 1. The SMILES string of the molecule is CC(C)(C)OC(=O)N1CCC(n2c(=O)[nH]c3ncccc32)CC1.Cl.Cl.O=c1[nH]c2ncccc2n1C1CCNCC1. The summed E-state index contributed by atoms with van der Waals surface area (Å²) in [6.07, 6.45) is 6.52. The van der Waals surface area contributed by atoms with Gasteiger partial charge in [-0.15, -0.1) is 24.8 Å². The van der Waals surface area contributed by atoms with E-state index in [9.17, 15) is 14.4 Å². The number of hydrogen-bond donors (Lipinski definition) is 3. The molecule has 6 heterocycles. The highest BCUT2D eigenvalue weighted by molar-refractivity contribution is 5.85. The van der Waals surface area contributed by atoms with E-state index in [4.69, 9.17) is 4.74 Å². The fourth-order valence-electron chi connectivity index (χ4n) is 5.34. The van der Waals surface area contributed by atoms with E-state index in [0.717, 1.165) is 49.8 Å². The molecular weight excluding hydrogens is 571 g/mol. The third-order valence-corrected chi connectivity index (χ3v) is 7.14. The summed E-state index contributed by atoms with van der Waals surface area (Å²) < 4.78 is 9.01. The van der Waals surface area contributed by atoms with Gasteiger partial charge in [0.2, 0.25) is 0 Å². The molecule has 0 bridgehead atoms. The van der Waals surface area contributed by atoms with Crippen molar-refractivity contribution in [1.82, 2.24) is 39.3 Å². The lowest BCUT2D eigenvalue weighted by Gasteiger charge is -2.33. The van der Waals surface area contributed by atoms with Gasteiger partial charge < -0.3 is 15.0 Å². The number of rotatable bonds is 2. The number of halogens is 2. The quantitative estimate of drug-likeness (QED) is 0.314. The summed E-state index contributed by atoms with van der Waals surface area (Å²) >= 11 is 0. The Kier molecular flexibility index (Phi) is 10.6. The summed E-state index contributed by atoms with van der Waals surface area (Å²) in [7, 11) is 0. The topological polar surface area (TPSA) is 143 Å². The lowest BCUT2D eigenvalue weighted by molar-refractivity contribution is 0.0189. The smallest absolute Gasteiger partial charge is 0.410 e. The molecule has 1 amide bonds. The maximum absolute atomic E-state index is 12.2. The highest BCUT2D eigenvalue weighted by atomic mass is 35.5. The van der Waals surface area contributed by atoms with Crippen molar-refractivity contribution in [2.24, 2.45) is 0 Å². The van der Waals surface area contributed by atoms with Crippen molar-refractivity contribution >= 4 is 53.2 Å². The Morgan fingerprint density at radius 2 is 1.29 bits per heavy atom. The number of nitrogens with one attached hydrogen (secondary N) is 3. The number of ether oxygens (including phenoxy) is 1. The van der Waals surface area contributed by atoms with E-state index in [1.54, 1.807) is 21.9 Å². The zero-order valence-corrected chi connectivity index (χ0v) is 25.1. The Morgan fingerprint density at radius 3 is 1.76 bits per heavy atom. The second-order valence-electron chi connectivity index (χ2n) is 11.0. The van der Waals surface area contributed by atoms with Gasteiger partial charge >= 0.3 is 17.5 Å². The van der Waals surface area contributed by atoms with Crippen LogP contribution in [0.5, 0.6) is 0 Å². The molecule has 0 atom stereocenters. The van der Waals surface area contributed by atoms with Crippen LogP contribution in [0.15, 0.2) is 46.2 Å². The number of pyridine rings is 2. The largest absolute Gasteiger partial charge is 0.444 e. The molecular formula is C27H38Cl2N8O4. The number of piperidine rings is 2. The van der Waals surface area contributed by atoms with Crippen LogP contribution in [-0.4, -0.2) is 71.8 Å². The molecule has 14 heteroatoms. The normalized spacial score (nSPS) is 16.4. The number of carbonyl (C=O) groups is 1. The molecule has 4 aromatic rings. The molecule has 224 valence electrons. The molecule has 2 saturated heterocycles. The van der Waals surface area contributed by atoms with Gasteiger partial charge in [0, 0.05) is 37.6 Å². The van der Waals surface area contributed by atoms with Gasteiger partial charge in [-0.05, 0) is 83.8 Å². The predicted molar refractivity (Wildman–Crippen MR) is 162 cm³/mol. The van der Waals surface area contributed by atoms with E-state index in [0.29, 0.717) is 30.4 Å². The van der Waals surface area contributed by atoms with Gasteiger partial charge in [0.15, 0.2) is 11.3 Å². The number of nitrogens with zero attached hydrogens (tertiary/aromatic N) is 5. The van der Waals surface area contributed by atoms with Crippen LogP contribution in [0.3, 0.4) is 0 Å². The minimum Gasteiger partial charge on any atom is -0.444 e. The number of H-pyrrole nitrogens is 2. The van der Waals surface area contributed by atoms with Crippen molar-refractivity contribution < 1.29 is 9.53 Å². The Morgan fingerprint density at radius 1 is 0.829 bits per heavy atom. The molecule has 0 aliphatic carbocycles. The van der Waals surface area contributed by atoms with Gasteiger partial charge in [0.1, 0.15) is 5.60 Å². The standard InChI is InChI=1S/C16H22N4O3.C11H14N4O.2ClH/c1-16(2,3)23-15(22)19-9-6-11(7-10-19)20-12-5-4-8-17-13(12)18-14(20)21;16-11-14-10-9(2-1-5-13-10)15(11)8-3-6-12-7-4-8;;/h4-5,8,11H,6-7,9-10H2,1-3H3,(H,17,18,21);1-2,5,8,12H,3-4,6-7H2,(H,13,14,16);2*1H. The van der Waals surface area contributed by atoms with Crippen molar-refractivity contribution in [1.29, 1.82) is 0 Å². The first kappa shape index (κ1) is 32.2. The van der Waals surface area contributed by atoms with E-state index in [1.165, 1.54) is 0 Å². The van der Waals surface area contributed by atoms with E-state index in [1.807, 2.05) is 49.6 Å². The number of carbonyl (C=O) groups excluding carboxylic acids is 1. The van der Waals surface area contributed by atoms with Crippen LogP contribution in [0.2, 0.25) is 0 Å². The monoisotopic (exact) mass is 608 g/mol. The highest BCUT2D eigenvalue weighted by Gasteiger charge is 2.29. The number of imidazole rings is 2. The second-order valence-corrected chi connectivity index (χ2v) is 11.0. The molecule has 0 aromatic carbocycles. The molecule has 0 unspecified atom stereocenters. The Bertz CT molecular complexity index is 1560. The molecule has 0 saturated carbocycles. The third kappa shape index (κ3) is 7.30. The van der Waals surface area contributed by atoms with Crippen molar-refractivity contribution in [2.75, 3.05) is 26.2 Å². The van der Waals surface area contributed by atoms with Gasteiger partial charge in [0.25, 0.3) is 0 Å². The Balaban J connectivity index is 0.000000227. The molecule has 41 heavy (non-hydrogen) atoms. The molecule has 3 N–H and O–H groups in total. The predicted octanol–water partition coefficient (Wildman–Crippen LogP) is 3.79. The minimum atomic E-state index is -0.493. The van der Waals surface area contributed by atoms with Crippen LogP contribution < -0.4 is 16.7 Å². The second kappa shape index (κ2) is 13.5. The molecule has 2 fully saturated rings. The van der Waals surface area contributed by atoms with Crippen molar-refractivity contribution in [3.8, 4) is 0 Å². The first-order chi connectivity index (χ1) is 18.7.